The molecule has 0 bridgehead atoms. The predicted molar refractivity (Wildman–Crippen MR) is 169 cm³/mol. The van der Waals surface area contributed by atoms with Crippen LogP contribution in [-0.4, -0.2) is 83.8 Å². The molecule has 1 aliphatic rings. The normalized spacial score (nSPS) is 16.3. The summed E-state index contributed by atoms with van der Waals surface area (Å²) in [5, 5.41) is 13.0. The number of hydrogen-bond donors (Lipinski definition) is 3. The number of likely N-dealkylation sites (N-methyl/N-ethyl adjacent to an activating group) is 2. The molecule has 0 radical (unpaired) electrons. The van der Waals surface area contributed by atoms with Gasteiger partial charge in [0.15, 0.2) is 5.82 Å². The maximum Gasteiger partial charge on any atom is 0.159 e. The topological polar surface area (TPSA) is 79.1 Å². The summed E-state index contributed by atoms with van der Waals surface area (Å²) in [5.74, 6) is 0.728. The molecule has 1 aromatic carbocycles. The molecule has 0 atom stereocenters. The summed E-state index contributed by atoms with van der Waals surface area (Å²) in [6.07, 6.45) is 9.94. The van der Waals surface area contributed by atoms with Gasteiger partial charge in [0.1, 0.15) is 11.2 Å². The van der Waals surface area contributed by atoms with E-state index in [1.165, 1.54) is 0 Å². The van der Waals surface area contributed by atoms with E-state index < -0.39 is 0 Å². The molecule has 1 aliphatic heterocycles. The van der Waals surface area contributed by atoms with Crippen molar-refractivity contribution >= 4 is 28.9 Å². The maximum atomic E-state index is 5.06. The average molecular weight is 539 g/mol. The Balaban J connectivity index is 1.70. The molecule has 2 aromatic heterocycles. The Hall–Kier alpha value is -4.14. The minimum Gasteiger partial charge on any atom is -0.367 e. The van der Waals surface area contributed by atoms with E-state index in [1.54, 1.807) is 6.08 Å². The Morgan fingerprint density at radius 3 is 2.55 bits per heavy atom. The highest BCUT2D eigenvalue weighted by Gasteiger charge is 2.19. The van der Waals surface area contributed by atoms with E-state index in [1.807, 2.05) is 46.2 Å². The zero-order valence-electron chi connectivity index (χ0n) is 24.5. The average Bonchev–Trinajstić information content (AvgIpc) is 3.54. The highest BCUT2D eigenvalue weighted by Crippen LogP contribution is 2.28. The molecule has 3 aromatic rings. The van der Waals surface area contributed by atoms with Crippen LogP contribution >= 0.6 is 0 Å². The van der Waals surface area contributed by atoms with Crippen molar-refractivity contribution in [1.82, 2.24) is 35.3 Å². The first-order chi connectivity index (χ1) is 19.2. The Morgan fingerprint density at radius 1 is 1.15 bits per heavy atom. The van der Waals surface area contributed by atoms with Gasteiger partial charge in [-0.1, -0.05) is 38.0 Å². The summed E-state index contributed by atoms with van der Waals surface area (Å²) in [5.41, 5.74) is 7.45. The van der Waals surface area contributed by atoms with E-state index in [9.17, 15) is 0 Å². The second-order valence-corrected chi connectivity index (χ2v) is 10.4. The second-order valence-electron chi connectivity index (χ2n) is 10.4. The minimum atomic E-state index is 0.728. The number of anilines is 1. The number of hydrogen-bond acceptors (Lipinski definition) is 6. The van der Waals surface area contributed by atoms with Gasteiger partial charge in [-0.2, -0.15) is 5.10 Å². The molecule has 8 nitrogen and oxygen atoms in total. The maximum absolute atomic E-state index is 5.06. The number of nitrogens with one attached hydrogen (secondary N) is 3. The molecule has 0 spiro atoms. The van der Waals surface area contributed by atoms with Crippen molar-refractivity contribution in [2.45, 2.75) is 13.8 Å². The predicted octanol–water partition coefficient (Wildman–Crippen LogP) is 3.52. The number of nitrogens with zero attached hydrogens (tertiary/aromatic N) is 5. The van der Waals surface area contributed by atoms with Gasteiger partial charge in [0.05, 0.1) is 16.6 Å². The van der Waals surface area contributed by atoms with Crippen LogP contribution < -0.4 is 20.8 Å². The van der Waals surface area contributed by atoms with E-state index in [2.05, 4.69) is 86.3 Å². The first-order valence-electron chi connectivity index (χ1n) is 13.7. The van der Waals surface area contributed by atoms with Crippen molar-refractivity contribution in [3.8, 4) is 11.5 Å². The summed E-state index contributed by atoms with van der Waals surface area (Å²) in [6, 6.07) is 6.32. The second kappa shape index (κ2) is 12.8. The van der Waals surface area contributed by atoms with Gasteiger partial charge in [-0.25, -0.2) is 4.98 Å². The van der Waals surface area contributed by atoms with Crippen LogP contribution in [0.1, 0.15) is 13.8 Å². The minimum absolute atomic E-state index is 0.728. The molecular weight excluding hydrogens is 496 g/mol. The highest BCUT2D eigenvalue weighted by molar-refractivity contribution is 5.91. The first-order valence-corrected chi connectivity index (χ1v) is 13.7. The van der Waals surface area contributed by atoms with Gasteiger partial charge in [0.2, 0.25) is 0 Å². The van der Waals surface area contributed by atoms with Crippen LogP contribution in [0, 0.1) is 0 Å². The van der Waals surface area contributed by atoms with Crippen LogP contribution in [0.15, 0.2) is 78.7 Å². The Bertz CT molecular complexity index is 1570. The van der Waals surface area contributed by atoms with Crippen LogP contribution in [0.4, 0.5) is 5.69 Å². The number of H-pyrrole nitrogens is 2. The lowest BCUT2D eigenvalue weighted by molar-refractivity contribution is 0.313. The lowest BCUT2D eigenvalue weighted by Gasteiger charge is -2.34. The number of rotatable bonds is 10. The number of benzene rings is 1. The molecule has 0 unspecified atom stereocenters. The molecule has 0 saturated carbocycles. The zero-order chi connectivity index (χ0) is 28.8. The Kier molecular flexibility index (Phi) is 9.24. The van der Waals surface area contributed by atoms with Gasteiger partial charge in [-0.05, 0) is 76.5 Å². The highest BCUT2D eigenvalue weighted by atomic mass is 15.3. The van der Waals surface area contributed by atoms with E-state index in [-0.39, 0.29) is 0 Å². The van der Waals surface area contributed by atoms with Crippen molar-refractivity contribution in [3.63, 3.8) is 0 Å². The SMILES string of the molecule is C=C/C(=C\C(=C/C)C(=C)/C=c1/c(-c2nc3c(N4CCN(C)CC4)cccc3[nH]2)n[nH]/c1=C/C)NC(=C)CN(C)C. The number of allylic oxidation sites excluding steroid dienone is 5. The van der Waals surface area contributed by atoms with E-state index in [0.717, 1.165) is 94.1 Å². The van der Waals surface area contributed by atoms with Gasteiger partial charge in [-0.3, -0.25) is 5.10 Å². The number of para-hydroxylation sites is 1. The van der Waals surface area contributed by atoms with E-state index in [0.29, 0.717) is 0 Å². The van der Waals surface area contributed by atoms with Gasteiger partial charge in [-0.15, -0.1) is 0 Å². The number of fused-ring (bicyclic) bond motifs is 1. The zero-order valence-corrected chi connectivity index (χ0v) is 24.5. The van der Waals surface area contributed by atoms with E-state index in [4.69, 9.17) is 4.98 Å². The monoisotopic (exact) mass is 538 g/mol. The summed E-state index contributed by atoms with van der Waals surface area (Å²) in [4.78, 5) is 15.4. The number of aromatic nitrogens is 4. The van der Waals surface area contributed by atoms with Crippen molar-refractivity contribution in [1.29, 1.82) is 0 Å². The Morgan fingerprint density at radius 2 is 1.90 bits per heavy atom. The lowest BCUT2D eigenvalue weighted by atomic mass is 10.0. The lowest BCUT2D eigenvalue weighted by Crippen LogP contribution is -2.44. The molecule has 4 rings (SSSR count). The van der Waals surface area contributed by atoms with Crippen molar-refractivity contribution in [2.75, 3.05) is 58.8 Å². The molecule has 0 amide bonds. The Labute approximate surface area is 237 Å². The van der Waals surface area contributed by atoms with Crippen LogP contribution in [0.2, 0.25) is 0 Å². The van der Waals surface area contributed by atoms with Crippen LogP contribution in [0.25, 0.3) is 34.7 Å². The molecule has 1 saturated heterocycles. The number of imidazole rings is 1. The fourth-order valence-corrected chi connectivity index (χ4v) is 4.90. The molecular formula is C32H42N8. The van der Waals surface area contributed by atoms with Gasteiger partial charge in [0, 0.05) is 49.3 Å². The largest absolute Gasteiger partial charge is 0.367 e. The molecule has 210 valence electrons. The van der Waals surface area contributed by atoms with Crippen LogP contribution in [0.3, 0.4) is 0 Å². The van der Waals surface area contributed by atoms with Gasteiger partial charge in [0.25, 0.3) is 0 Å². The van der Waals surface area contributed by atoms with Gasteiger partial charge < -0.3 is 25.0 Å². The molecule has 3 N–H and O–H groups in total. The third kappa shape index (κ3) is 6.52. The molecule has 8 heteroatoms. The number of aromatic amines is 2. The standard InChI is InChI=1S/C32H42N8/c1-9-24(20-25(10-2)33-23(5)21-38(6)7)22(4)19-26-27(11-3)36-37-30(26)32-34-28-13-12-14-29(31(28)35-32)40-17-15-39(8)16-18-40/h9-14,19-20,33,36H,2,4-5,15-18,21H2,1,3,6-8H3,(H,34,35)/b24-9+,25-20+,26-19+,27-11+. The molecule has 1 fully saturated rings. The fraction of sp³-hybridized carbons (Fsp3) is 0.312. The smallest absolute Gasteiger partial charge is 0.159 e. The molecule has 40 heavy (non-hydrogen) atoms. The van der Waals surface area contributed by atoms with Crippen LogP contribution in [0.5, 0.6) is 0 Å². The molecule has 3 heterocycles. The first kappa shape index (κ1) is 28.9. The van der Waals surface area contributed by atoms with Crippen molar-refractivity contribution in [3.05, 3.63) is 89.3 Å². The quantitative estimate of drug-likeness (QED) is 0.343. The summed E-state index contributed by atoms with van der Waals surface area (Å²) < 4.78 is 0. The third-order valence-electron chi connectivity index (χ3n) is 7.04. The van der Waals surface area contributed by atoms with E-state index >= 15 is 0 Å². The summed E-state index contributed by atoms with van der Waals surface area (Å²) >= 11 is 0. The summed E-state index contributed by atoms with van der Waals surface area (Å²) in [6.45, 7) is 21.3. The van der Waals surface area contributed by atoms with Crippen molar-refractivity contribution in [2.24, 2.45) is 0 Å². The van der Waals surface area contributed by atoms with Gasteiger partial charge >= 0.3 is 0 Å². The third-order valence-corrected chi connectivity index (χ3v) is 7.04. The summed E-state index contributed by atoms with van der Waals surface area (Å²) in [7, 11) is 6.19. The fourth-order valence-electron chi connectivity index (χ4n) is 4.90. The van der Waals surface area contributed by atoms with Crippen molar-refractivity contribution < 1.29 is 0 Å². The van der Waals surface area contributed by atoms with Crippen LogP contribution in [-0.2, 0) is 0 Å². The molecule has 0 aliphatic carbocycles. The number of piperazine rings is 1.